The average molecular weight is 268 g/mol. The van der Waals surface area contributed by atoms with E-state index in [4.69, 9.17) is 5.73 Å². The Hall–Kier alpha value is -1.80. The van der Waals surface area contributed by atoms with E-state index in [2.05, 4.69) is 56.4 Å². The van der Waals surface area contributed by atoms with Gasteiger partial charge < -0.3 is 11.1 Å². The fourth-order valence-electron chi connectivity index (χ4n) is 2.44. The Morgan fingerprint density at radius 3 is 2.10 bits per heavy atom. The summed E-state index contributed by atoms with van der Waals surface area (Å²) in [6.07, 6.45) is 0. The van der Waals surface area contributed by atoms with Crippen molar-refractivity contribution in [2.45, 2.75) is 32.2 Å². The molecule has 0 spiro atoms. The van der Waals surface area contributed by atoms with Gasteiger partial charge >= 0.3 is 0 Å². The third kappa shape index (κ3) is 3.20. The maximum atomic E-state index is 5.88. The van der Waals surface area contributed by atoms with E-state index in [1.54, 1.807) is 0 Å². The van der Waals surface area contributed by atoms with Crippen molar-refractivity contribution in [3.63, 3.8) is 0 Å². The molecule has 0 heterocycles. The Morgan fingerprint density at radius 2 is 1.60 bits per heavy atom. The summed E-state index contributed by atoms with van der Waals surface area (Å²) >= 11 is 0. The van der Waals surface area contributed by atoms with Crippen molar-refractivity contribution in [1.82, 2.24) is 5.32 Å². The topological polar surface area (TPSA) is 38.0 Å². The van der Waals surface area contributed by atoms with E-state index in [-0.39, 0.29) is 11.5 Å². The molecule has 20 heavy (non-hydrogen) atoms. The molecular weight excluding hydrogens is 244 g/mol. The van der Waals surface area contributed by atoms with Gasteiger partial charge in [0.1, 0.15) is 0 Å². The van der Waals surface area contributed by atoms with E-state index in [1.165, 1.54) is 16.7 Å². The van der Waals surface area contributed by atoms with Gasteiger partial charge in [-0.25, -0.2) is 0 Å². The van der Waals surface area contributed by atoms with Crippen LogP contribution in [0.25, 0.3) is 0 Å². The van der Waals surface area contributed by atoms with Gasteiger partial charge in [0.2, 0.25) is 0 Å². The van der Waals surface area contributed by atoms with Crippen LogP contribution in [0.15, 0.2) is 48.5 Å². The summed E-state index contributed by atoms with van der Waals surface area (Å²) in [7, 11) is 1.98. The maximum Gasteiger partial charge on any atom is 0.0575 e. The zero-order valence-corrected chi connectivity index (χ0v) is 12.8. The Labute approximate surface area is 122 Å². The first-order valence-electron chi connectivity index (χ1n) is 7.05. The average Bonchev–Trinajstić information content (AvgIpc) is 2.39. The lowest BCUT2D eigenvalue weighted by molar-refractivity contribution is 0.589. The number of nitrogens with two attached hydrogens (primary N) is 1. The molecule has 0 aliphatic rings. The molecular formula is C18H24N2. The molecule has 2 aromatic rings. The van der Waals surface area contributed by atoms with Gasteiger partial charge in [-0.1, -0.05) is 57.2 Å². The van der Waals surface area contributed by atoms with Crippen LogP contribution in [0.3, 0.4) is 0 Å². The highest BCUT2D eigenvalue weighted by atomic mass is 14.9. The minimum absolute atomic E-state index is 0.174. The first kappa shape index (κ1) is 14.6. The van der Waals surface area contributed by atoms with Crippen molar-refractivity contribution in [3.8, 4) is 0 Å². The van der Waals surface area contributed by atoms with Crippen molar-refractivity contribution < 1.29 is 0 Å². The zero-order valence-electron chi connectivity index (χ0n) is 12.8. The van der Waals surface area contributed by atoms with Gasteiger partial charge in [-0.15, -0.1) is 0 Å². The first-order valence-corrected chi connectivity index (χ1v) is 7.05. The Morgan fingerprint density at radius 1 is 0.950 bits per heavy atom. The van der Waals surface area contributed by atoms with Crippen molar-refractivity contribution in [3.05, 3.63) is 65.2 Å². The van der Waals surface area contributed by atoms with Crippen LogP contribution in [0.1, 0.15) is 43.5 Å². The van der Waals surface area contributed by atoms with Crippen molar-refractivity contribution in [2.75, 3.05) is 12.8 Å². The summed E-state index contributed by atoms with van der Waals surface area (Å²) in [5, 5.41) is 3.36. The minimum atomic E-state index is 0.174. The molecule has 2 aromatic carbocycles. The second kappa shape index (κ2) is 5.68. The van der Waals surface area contributed by atoms with Crippen molar-refractivity contribution in [1.29, 1.82) is 0 Å². The molecule has 0 bridgehead atoms. The molecule has 0 saturated carbocycles. The highest BCUT2D eigenvalue weighted by molar-refractivity contribution is 5.44. The number of hydrogen-bond acceptors (Lipinski definition) is 2. The molecule has 0 aliphatic heterocycles. The number of nitrogens with one attached hydrogen (secondary N) is 1. The smallest absolute Gasteiger partial charge is 0.0575 e. The third-order valence-corrected chi connectivity index (χ3v) is 3.64. The molecule has 106 valence electrons. The summed E-state index contributed by atoms with van der Waals surface area (Å²) in [5.41, 5.74) is 10.7. The number of benzene rings is 2. The summed E-state index contributed by atoms with van der Waals surface area (Å²) in [4.78, 5) is 0. The van der Waals surface area contributed by atoms with E-state index in [0.29, 0.717) is 0 Å². The Balaban J connectivity index is 2.33. The summed E-state index contributed by atoms with van der Waals surface area (Å²) in [5.74, 6) is 0. The van der Waals surface area contributed by atoms with Crippen LogP contribution >= 0.6 is 0 Å². The molecule has 0 aliphatic carbocycles. The SMILES string of the molecule is CNC(c1ccc(C(C)(C)C)cc1)c1cccc(N)c1. The maximum absolute atomic E-state index is 5.88. The first-order chi connectivity index (χ1) is 9.41. The van der Waals surface area contributed by atoms with Gasteiger partial charge in [-0.2, -0.15) is 0 Å². The van der Waals surface area contributed by atoms with E-state index in [9.17, 15) is 0 Å². The molecule has 2 nitrogen and oxygen atoms in total. The largest absolute Gasteiger partial charge is 0.399 e. The second-order valence-corrected chi connectivity index (χ2v) is 6.26. The molecule has 1 unspecified atom stereocenters. The lowest BCUT2D eigenvalue weighted by Gasteiger charge is -2.22. The highest BCUT2D eigenvalue weighted by Gasteiger charge is 2.16. The molecule has 0 fully saturated rings. The molecule has 2 heteroatoms. The Bertz CT molecular complexity index is 565. The van der Waals surface area contributed by atoms with Crippen LogP contribution in [-0.4, -0.2) is 7.05 Å². The molecule has 1 atom stereocenters. The molecule has 0 radical (unpaired) electrons. The van der Waals surface area contributed by atoms with Gasteiger partial charge in [0.25, 0.3) is 0 Å². The number of anilines is 1. The van der Waals surface area contributed by atoms with Gasteiger partial charge in [0, 0.05) is 5.69 Å². The van der Waals surface area contributed by atoms with E-state index in [1.807, 2.05) is 25.2 Å². The Kier molecular flexibility index (Phi) is 4.15. The van der Waals surface area contributed by atoms with Crippen LogP contribution in [0.5, 0.6) is 0 Å². The fraction of sp³-hybridized carbons (Fsp3) is 0.333. The van der Waals surface area contributed by atoms with Crippen LogP contribution in [0.4, 0.5) is 5.69 Å². The van der Waals surface area contributed by atoms with Crippen LogP contribution in [0.2, 0.25) is 0 Å². The van der Waals surface area contributed by atoms with Crippen LogP contribution in [0, 0.1) is 0 Å². The summed E-state index contributed by atoms with van der Waals surface area (Å²) in [6.45, 7) is 6.69. The lowest BCUT2D eigenvalue weighted by Crippen LogP contribution is -2.18. The predicted molar refractivity (Wildman–Crippen MR) is 86.9 cm³/mol. The fourth-order valence-corrected chi connectivity index (χ4v) is 2.44. The highest BCUT2D eigenvalue weighted by Crippen LogP contribution is 2.27. The van der Waals surface area contributed by atoms with Crippen molar-refractivity contribution >= 4 is 5.69 Å². The summed E-state index contributed by atoms with van der Waals surface area (Å²) < 4.78 is 0. The van der Waals surface area contributed by atoms with Gasteiger partial charge in [-0.3, -0.25) is 0 Å². The minimum Gasteiger partial charge on any atom is -0.399 e. The monoisotopic (exact) mass is 268 g/mol. The molecule has 0 saturated heterocycles. The van der Waals surface area contributed by atoms with Crippen LogP contribution in [-0.2, 0) is 5.41 Å². The zero-order chi connectivity index (χ0) is 14.8. The van der Waals surface area contributed by atoms with Crippen LogP contribution < -0.4 is 11.1 Å². The van der Waals surface area contributed by atoms with E-state index >= 15 is 0 Å². The quantitative estimate of drug-likeness (QED) is 0.829. The normalized spacial score (nSPS) is 13.2. The summed E-state index contributed by atoms with van der Waals surface area (Å²) in [6, 6.07) is 17.0. The molecule has 0 aromatic heterocycles. The number of hydrogen-bond donors (Lipinski definition) is 2. The molecule has 2 rings (SSSR count). The van der Waals surface area contributed by atoms with Gasteiger partial charge in [-0.05, 0) is 41.3 Å². The van der Waals surface area contributed by atoms with Gasteiger partial charge in [0.15, 0.2) is 0 Å². The lowest BCUT2D eigenvalue weighted by atomic mass is 9.86. The number of rotatable bonds is 3. The van der Waals surface area contributed by atoms with Crippen molar-refractivity contribution in [2.24, 2.45) is 0 Å². The predicted octanol–water partition coefficient (Wildman–Crippen LogP) is 3.88. The second-order valence-electron chi connectivity index (χ2n) is 6.26. The standard InChI is InChI=1S/C18H24N2/c1-18(2,3)15-10-8-13(9-11-15)17(20-4)14-6-5-7-16(19)12-14/h5-12,17,20H,19H2,1-4H3. The van der Waals surface area contributed by atoms with E-state index in [0.717, 1.165) is 5.69 Å². The molecule has 3 N–H and O–H groups in total. The van der Waals surface area contributed by atoms with E-state index < -0.39 is 0 Å². The third-order valence-electron chi connectivity index (χ3n) is 3.64. The molecule has 0 amide bonds. The van der Waals surface area contributed by atoms with Gasteiger partial charge in [0.05, 0.1) is 6.04 Å². The number of nitrogen functional groups attached to an aromatic ring is 1.